The smallest absolute Gasteiger partial charge is 0.272 e. The summed E-state index contributed by atoms with van der Waals surface area (Å²) in [4.78, 5) is 22.3. The number of rotatable bonds is 4. The van der Waals surface area contributed by atoms with Crippen molar-refractivity contribution in [3.8, 4) is 0 Å². The van der Waals surface area contributed by atoms with Crippen LogP contribution in [-0.2, 0) is 0 Å². The van der Waals surface area contributed by atoms with Crippen molar-refractivity contribution in [1.29, 1.82) is 0 Å². The first-order valence-electron chi connectivity index (χ1n) is 6.82. The van der Waals surface area contributed by atoms with Gasteiger partial charge < -0.3 is 10.6 Å². The molecule has 1 fully saturated rings. The molecule has 6 heteroatoms. The molecular weight excluding hydrogens is 258 g/mol. The van der Waals surface area contributed by atoms with E-state index in [1.165, 1.54) is 12.1 Å². The van der Waals surface area contributed by atoms with E-state index in [1.807, 2.05) is 0 Å². The molecule has 0 spiro atoms. The van der Waals surface area contributed by atoms with Crippen LogP contribution in [0.25, 0.3) is 0 Å². The fourth-order valence-corrected chi connectivity index (χ4v) is 2.43. The summed E-state index contributed by atoms with van der Waals surface area (Å²) >= 11 is 0. The summed E-state index contributed by atoms with van der Waals surface area (Å²) in [7, 11) is 0. The molecule has 0 bridgehead atoms. The van der Waals surface area contributed by atoms with Gasteiger partial charge in [-0.15, -0.1) is 0 Å². The number of aryl methyl sites for hydroxylation is 1. The molecule has 20 heavy (non-hydrogen) atoms. The number of nitro groups is 1. The van der Waals surface area contributed by atoms with Gasteiger partial charge in [0.05, 0.1) is 4.92 Å². The van der Waals surface area contributed by atoms with Crippen molar-refractivity contribution >= 4 is 11.6 Å². The van der Waals surface area contributed by atoms with Gasteiger partial charge in [0.25, 0.3) is 11.6 Å². The van der Waals surface area contributed by atoms with Crippen LogP contribution in [-0.4, -0.2) is 30.5 Å². The summed E-state index contributed by atoms with van der Waals surface area (Å²) in [6.45, 7) is 4.30. The van der Waals surface area contributed by atoms with E-state index in [-0.39, 0.29) is 11.6 Å². The Hall–Kier alpha value is -1.95. The third kappa shape index (κ3) is 3.54. The number of piperidine rings is 1. The second kappa shape index (κ2) is 6.47. The van der Waals surface area contributed by atoms with E-state index < -0.39 is 4.92 Å². The van der Waals surface area contributed by atoms with Crippen LogP contribution in [0.1, 0.15) is 28.8 Å². The number of nitro benzene ring substituents is 1. The summed E-state index contributed by atoms with van der Waals surface area (Å²) in [5, 5.41) is 16.9. The Morgan fingerprint density at radius 2 is 2.15 bits per heavy atom. The number of amides is 1. The highest BCUT2D eigenvalue weighted by Gasteiger charge is 2.16. The summed E-state index contributed by atoms with van der Waals surface area (Å²) in [6.07, 6.45) is 2.14. The molecule has 1 aliphatic rings. The number of carbonyl (C=O) groups is 1. The van der Waals surface area contributed by atoms with E-state index in [2.05, 4.69) is 10.6 Å². The van der Waals surface area contributed by atoms with Crippen LogP contribution in [0.5, 0.6) is 0 Å². The van der Waals surface area contributed by atoms with Crippen molar-refractivity contribution in [3.05, 3.63) is 39.4 Å². The number of nitrogens with zero attached hydrogens (tertiary/aromatic N) is 1. The molecule has 108 valence electrons. The molecule has 2 N–H and O–H groups in total. The number of nitrogens with one attached hydrogen (secondary N) is 2. The van der Waals surface area contributed by atoms with Gasteiger partial charge in [0, 0.05) is 23.7 Å². The van der Waals surface area contributed by atoms with Crippen molar-refractivity contribution < 1.29 is 9.72 Å². The molecule has 2 rings (SSSR count). The Labute approximate surface area is 117 Å². The third-order valence-electron chi connectivity index (χ3n) is 3.67. The van der Waals surface area contributed by atoms with Gasteiger partial charge in [0.2, 0.25) is 0 Å². The Morgan fingerprint density at radius 3 is 2.75 bits per heavy atom. The zero-order chi connectivity index (χ0) is 14.5. The Balaban J connectivity index is 1.95. The molecule has 0 radical (unpaired) electrons. The third-order valence-corrected chi connectivity index (χ3v) is 3.67. The molecule has 0 aliphatic carbocycles. The van der Waals surface area contributed by atoms with Crippen LogP contribution in [0.15, 0.2) is 18.2 Å². The lowest BCUT2D eigenvalue weighted by Crippen LogP contribution is -2.35. The Morgan fingerprint density at radius 1 is 1.45 bits per heavy atom. The van der Waals surface area contributed by atoms with Crippen LogP contribution in [0, 0.1) is 23.0 Å². The zero-order valence-corrected chi connectivity index (χ0v) is 11.5. The molecule has 1 saturated heterocycles. The molecule has 1 amide bonds. The van der Waals surface area contributed by atoms with E-state index in [1.54, 1.807) is 13.0 Å². The van der Waals surface area contributed by atoms with E-state index >= 15 is 0 Å². The van der Waals surface area contributed by atoms with Crippen LogP contribution < -0.4 is 10.6 Å². The van der Waals surface area contributed by atoms with Crippen LogP contribution in [0.4, 0.5) is 5.69 Å². The van der Waals surface area contributed by atoms with Gasteiger partial charge in [-0.3, -0.25) is 14.9 Å². The van der Waals surface area contributed by atoms with Gasteiger partial charge in [-0.1, -0.05) is 0 Å². The summed E-state index contributed by atoms with van der Waals surface area (Å²) in [5.74, 6) is 0.348. The molecular formula is C14H19N3O3. The summed E-state index contributed by atoms with van der Waals surface area (Å²) in [6, 6.07) is 4.45. The maximum Gasteiger partial charge on any atom is 0.272 e. The van der Waals surface area contributed by atoms with E-state index in [0.29, 0.717) is 23.6 Å². The summed E-state index contributed by atoms with van der Waals surface area (Å²) < 4.78 is 0. The number of hydrogen-bond donors (Lipinski definition) is 2. The minimum Gasteiger partial charge on any atom is -0.352 e. The molecule has 1 aliphatic heterocycles. The fraction of sp³-hybridized carbons (Fsp3) is 0.500. The highest BCUT2D eigenvalue weighted by atomic mass is 16.6. The van der Waals surface area contributed by atoms with E-state index in [0.717, 1.165) is 25.9 Å². The first-order valence-corrected chi connectivity index (χ1v) is 6.82. The van der Waals surface area contributed by atoms with Crippen LogP contribution in [0.2, 0.25) is 0 Å². The minimum atomic E-state index is -0.438. The van der Waals surface area contributed by atoms with Crippen LogP contribution in [0.3, 0.4) is 0 Å². The van der Waals surface area contributed by atoms with Gasteiger partial charge >= 0.3 is 0 Å². The lowest BCUT2D eigenvalue weighted by molar-refractivity contribution is -0.385. The lowest BCUT2D eigenvalue weighted by Gasteiger charge is -2.22. The lowest BCUT2D eigenvalue weighted by atomic mass is 9.98. The first-order chi connectivity index (χ1) is 9.58. The quantitative estimate of drug-likeness (QED) is 0.647. The topological polar surface area (TPSA) is 84.3 Å². The SMILES string of the molecule is Cc1cc(C(=O)NCC2CCNCC2)ccc1[N+](=O)[O-]. The van der Waals surface area contributed by atoms with Gasteiger partial charge in [-0.2, -0.15) is 0 Å². The second-order valence-corrected chi connectivity index (χ2v) is 5.16. The van der Waals surface area contributed by atoms with Gasteiger partial charge in [0.15, 0.2) is 0 Å². The predicted molar refractivity (Wildman–Crippen MR) is 75.8 cm³/mol. The van der Waals surface area contributed by atoms with Gasteiger partial charge in [-0.25, -0.2) is 0 Å². The first kappa shape index (κ1) is 14.5. The van der Waals surface area contributed by atoms with Crippen molar-refractivity contribution in [2.45, 2.75) is 19.8 Å². The molecule has 1 aromatic carbocycles. The fourth-order valence-electron chi connectivity index (χ4n) is 2.43. The van der Waals surface area contributed by atoms with Crippen LogP contribution >= 0.6 is 0 Å². The highest BCUT2D eigenvalue weighted by molar-refractivity contribution is 5.94. The summed E-state index contributed by atoms with van der Waals surface area (Å²) in [5.41, 5.74) is 1.02. The molecule has 1 heterocycles. The molecule has 6 nitrogen and oxygen atoms in total. The average molecular weight is 277 g/mol. The van der Waals surface area contributed by atoms with Crippen molar-refractivity contribution in [3.63, 3.8) is 0 Å². The number of carbonyl (C=O) groups excluding carboxylic acids is 1. The molecule has 0 saturated carbocycles. The highest BCUT2D eigenvalue weighted by Crippen LogP contribution is 2.19. The van der Waals surface area contributed by atoms with Crippen molar-refractivity contribution in [2.75, 3.05) is 19.6 Å². The normalized spacial score (nSPS) is 15.8. The van der Waals surface area contributed by atoms with Crippen molar-refractivity contribution in [2.24, 2.45) is 5.92 Å². The number of benzene rings is 1. The molecule has 0 aromatic heterocycles. The van der Waals surface area contributed by atoms with Gasteiger partial charge in [0.1, 0.15) is 0 Å². The molecule has 1 aromatic rings. The Bertz CT molecular complexity index is 510. The van der Waals surface area contributed by atoms with E-state index in [4.69, 9.17) is 0 Å². The predicted octanol–water partition coefficient (Wildman–Crippen LogP) is 1.63. The molecule has 0 unspecified atom stereocenters. The Kier molecular flexibility index (Phi) is 4.68. The van der Waals surface area contributed by atoms with Crippen molar-refractivity contribution in [1.82, 2.24) is 10.6 Å². The monoisotopic (exact) mass is 277 g/mol. The average Bonchev–Trinajstić information content (AvgIpc) is 2.45. The second-order valence-electron chi connectivity index (χ2n) is 5.16. The number of hydrogen-bond acceptors (Lipinski definition) is 4. The largest absolute Gasteiger partial charge is 0.352 e. The maximum atomic E-state index is 12.0. The maximum absolute atomic E-state index is 12.0. The van der Waals surface area contributed by atoms with Gasteiger partial charge in [-0.05, 0) is 50.9 Å². The molecule has 0 atom stereocenters. The standard InChI is InChI=1S/C14H19N3O3/c1-10-8-12(2-3-13(10)17(19)20)14(18)16-9-11-4-6-15-7-5-11/h2-3,8,11,15H,4-7,9H2,1H3,(H,16,18). The minimum absolute atomic E-state index is 0.0416. The van der Waals surface area contributed by atoms with E-state index in [9.17, 15) is 14.9 Å². The zero-order valence-electron chi connectivity index (χ0n) is 11.5.